The highest BCUT2D eigenvalue weighted by Crippen LogP contribution is 2.13. The number of anilines is 2. The monoisotopic (exact) mass is 224 g/mol. The molecule has 0 aliphatic heterocycles. The highest BCUT2D eigenvalue weighted by atomic mass is 16.3. The Labute approximate surface area is 96.3 Å². The molecule has 16 heavy (non-hydrogen) atoms. The van der Waals surface area contributed by atoms with Crippen LogP contribution in [0, 0.1) is 12.8 Å². The van der Waals surface area contributed by atoms with E-state index in [0.717, 1.165) is 11.5 Å². The third-order valence-electron chi connectivity index (χ3n) is 2.41. The average Bonchev–Trinajstić information content (AvgIpc) is 2.24. The first-order chi connectivity index (χ1) is 7.56. The fourth-order valence-electron chi connectivity index (χ4n) is 1.37. The molecule has 1 heterocycles. The molecule has 1 unspecified atom stereocenters. The Hall–Kier alpha value is -1.36. The zero-order valence-corrected chi connectivity index (χ0v) is 10.3. The van der Waals surface area contributed by atoms with Gasteiger partial charge in [-0.25, -0.2) is 4.98 Å². The van der Waals surface area contributed by atoms with Crippen molar-refractivity contribution in [1.29, 1.82) is 0 Å². The molecular formula is C11H20N4O. The van der Waals surface area contributed by atoms with Crippen molar-refractivity contribution >= 4 is 11.8 Å². The third-order valence-corrected chi connectivity index (χ3v) is 2.41. The fraction of sp³-hybridized carbons (Fsp3) is 0.636. The lowest BCUT2D eigenvalue weighted by Crippen LogP contribution is -2.30. The Morgan fingerprint density at radius 2 is 2.06 bits per heavy atom. The van der Waals surface area contributed by atoms with Gasteiger partial charge in [0.15, 0.2) is 0 Å². The number of hydrogen-bond donors (Lipinski definition) is 3. The van der Waals surface area contributed by atoms with Gasteiger partial charge in [-0.05, 0) is 12.8 Å². The summed E-state index contributed by atoms with van der Waals surface area (Å²) in [5, 5.41) is 15.3. The van der Waals surface area contributed by atoms with Crippen LogP contribution >= 0.6 is 0 Å². The van der Waals surface area contributed by atoms with Crippen LogP contribution in [-0.2, 0) is 0 Å². The van der Waals surface area contributed by atoms with Crippen molar-refractivity contribution < 1.29 is 5.11 Å². The van der Waals surface area contributed by atoms with Gasteiger partial charge >= 0.3 is 0 Å². The topological polar surface area (TPSA) is 70.1 Å². The Morgan fingerprint density at radius 1 is 1.38 bits per heavy atom. The molecule has 5 heteroatoms. The molecule has 0 amide bonds. The van der Waals surface area contributed by atoms with Crippen LogP contribution in [-0.4, -0.2) is 34.8 Å². The molecule has 0 aliphatic carbocycles. The van der Waals surface area contributed by atoms with Crippen LogP contribution in [0.4, 0.5) is 11.8 Å². The third kappa shape index (κ3) is 3.34. The summed E-state index contributed by atoms with van der Waals surface area (Å²) < 4.78 is 0. The number of aliphatic hydroxyl groups is 1. The Balaban J connectivity index is 2.83. The first kappa shape index (κ1) is 12.7. The second-order valence-electron chi connectivity index (χ2n) is 4.15. The molecule has 0 bridgehead atoms. The lowest BCUT2D eigenvalue weighted by molar-refractivity contribution is 0.249. The molecule has 0 spiro atoms. The highest BCUT2D eigenvalue weighted by molar-refractivity contribution is 5.42. The van der Waals surface area contributed by atoms with E-state index in [1.807, 2.05) is 13.0 Å². The summed E-state index contributed by atoms with van der Waals surface area (Å²) >= 11 is 0. The molecule has 0 aliphatic rings. The van der Waals surface area contributed by atoms with Crippen molar-refractivity contribution in [2.75, 3.05) is 24.3 Å². The Morgan fingerprint density at radius 3 is 2.56 bits per heavy atom. The summed E-state index contributed by atoms with van der Waals surface area (Å²) in [6, 6.07) is 1.88. The van der Waals surface area contributed by atoms with Crippen LogP contribution in [0.3, 0.4) is 0 Å². The van der Waals surface area contributed by atoms with Gasteiger partial charge in [-0.15, -0.1) is 0 Å². The van der Waals surface area contributed by atoms with Gasteiger partial charge in [0.25, 0.3) is 0 Å². The molecule has 90 valence electrons. The minimum Gasteiger partial charge on any atom is -0.394 e. The number of aryl methyl sites for hydroxylation is 1. The summed E-state index contributed by atoms with van der Waals surface area (Å²) in [4.78, 5) is 8.48. The maximum atomic E-state index is 9.23. The second-order valence-corrected chi connectivity index (χ2v) is 4.15. The fourth-order valence-corrected chi connectivity index (χ4v) is 1.37. The maximum absolute atomic E-state index is 9.23. The van der Waals surface area contributed by atoms with Crippen molar-refractivity contribution in [2.45, 2.75) is 26.8 Å². The molecule has 5 nitrogen and oxygen atoms in total. The molecule has 0 radical (unpaired) electrons. The molecule has 0 aromatic carbocycles. The van der Waals surface area contributed by atoms with E-state index < -0.39 is 0 Å². The number of rotatable bonds is 5. The lowest BCUT2D eigenvalue weighted by atomic mass is 10.1. The number of aliphatic hydroxyl groups excluding tert-OH is 1. The first-order valence-corrected chi connectivity index (χ1v) is 5.47. The van der Waals surface area contributed by atoms with E-state index in [4.69, 9.17) is 0 Å². The number of hydrogen-bond acceptors (Lipinski definition) is 5. The van der Waals surface area contributed by atoms with E-state index in [1.54, 1.807) is 7.05 Å². The van der Waals surface area contributed by atoms with E-state index >= 15 is 0 Å². The van der Waals surface area contributed by atoms with Crippen LogP contribution in [0.25, 0.3) is 0 Å². The van der Waals surface area contributed by atoms with Crippen molar-refractivity contribution in [1.82, 2.24) is 9.97 Å². The average molecular weight is 224 g/mol. The van der Waals surface area contributed by atoms with Gasteiger partial charge in [0.05, 0.1) is 12.6 Å². The Bertz CT molecular complexity index is 341. The molecule has 1 aromatic rings. The van der Waals surface area contributed by atoms with Crippen LogP contribution < -0.4 is 10.6 Å². The summed E-state index contributed by atoms with van der Waals surface area (Å²) in [7, 11) is 1.78. The van der Waals surface area contributed by atoms with Crippen molar-refractivity contribution in [3.8, 4) is 0 Å². The predicted molar refractivity (Wildman–Crippen MR) is 65.7 cm³/mol. The van der Waals surface area contributed by atoms with Gasteiger partial charge in [-0.2, -0.15) is 4.98 Å². The zero-order chi connectivity index (χ0) is 12.1. The molecule has 3 N–H and O–H groups in total. The smallest absolute Gasteiger partial charge is 0.224 e. The minimum atomic E-state index is 0.0130. The number of nitrogens with zero attached hydrogens (tertiary/aromatic N) is 2. The SMILES string of the molecule is CNc1nc(C)cc(NC(CO)C(C)C)n1. The molecule has 1 atom stereocenters. The van der Waals surface area contributed by atoms with E-state index in [0.29, 0.717) is 11.9 Å². The summed E-state index contributed by atoms with van der Waals surface area (Å²) in [5.74, 6) is 1.67. The van der Waals surface area contributed by atoms with Gasteiger partial charge in [0.2, 0.25) is 5.95 Å². The number of aromatic nitrogens is 2. The van der Waals surface area contributed by atoms with E-state index in [9.17, 15) is 5.11 Å². The van der Waals surface area contributed by atoms with E-state index in [2.05, 4.69) is 34.4 Å². The predicted octanol–water partition coefficient (Wildman–Crippen LogP) is 1.26. The largest absolute Gasteiger partial charge is 0.394 e. The quantitative estimate of drug-likeness (QED) is 0.702. The molecule has 0 saturated heterocycles. The molecule has 0 fully saturated rings. The van der Waals surface area contributed by atoms with Crippen LogP contribution in [0.2, 0.25) is 0 Å². The molecular weight excluding hydrogens is 204 g/mol. The normalized spacial score (nSPS) is 12.6. The van der Waals surface area contributed by atoms with Crippen molar-refractivity contribution in [3.63, 3.8) is 0 Å². The highest BCUT2D eigenvalue weighted by Gasteiger charge is 2.12. The van der Waals surface area contributed by atoms with Crippen LogP contribution in [0.15, 0.2) is 6.07 Å². The zero-order valence-electron chi connectivity index (χ0n) is 10.3. The molecule has 1 rings (SSSR count). The van der Waals surface area contributed by atoms with Gasteiger partial charge in [-0.1, -0.05) is 13.8 Å². The van der Waals surface area contributed by atoms with Gasteiger partial charge in [0, 0.05) is 18.8 Å². The standard InChI is InChI=1S/C11H20N4O/c1-7(2)9(6-16)14-10-5-8(3)13-11(12-4)15-10/h5,7,9,16H,6H2,1-4H3,(H2,12,13,14,15). The summed E-state index contributed by atoms with van der Waals surface area (Å²) in [6.45, 7) is 6.12. The van der Waals surface area contributed by atoms with Crippen LogP contribution in [0.5, 0.6) is 0 Å². The molecule has 0 saturated carbocycles. The molecule has 1 aromatic heterocycles. The van der Waals surface area contributed by atoms with Crippen LogP contribution in [0.1, 0.15) is 19.5 Å². The van der Waals surface area contributed by atoms with Gasteiger partial charge in [-0.3, -0.25) is 0 Å². The minimum absolute atomic E-state index is 0.0130. The van der Waals surface area contributed by atoms with Crippen molar-refractivity contribution in [3.05, 3.63) is 11.8 Å². The summed E-state index contributed by atoms with van der Waals surface area (Å²) in [6.07, 6.45) is 0. The van der Waals surface area contributed by atoms with Gasteiger partial charge < -0.3 is 15.7 Å². The van der Waals surface area contributed by atoms with E-state index in [1.165, 1.54) is 0 Å². The van der Waals surface area contributed by atoms with Crippen molar-refractivity contribution in [2.24, 2.45) is 5.92 Å². The summed E-state index contributed by atoms with van der Waals surface area (Å²) in [5.41, 5.74) is 0.891. The first-order valence-electron chi connectivity index (χ1n) is 5.47. The Kier molecular flexibility index (Phi) is 4.49. The maximum Gasteiger partial charge on any atom is 0.224 e. The second kappa shape index (κ2) is 5.65. The lowest BCUT2D eigenvalue weighted by Gasteiger charge is -2.20. The van der Waals surface area contributed by atoms with E-state index in [-0.39, 0.29) is 12.6 Å². The van der Waals surface area contributed by atoms with Gasteiger partial charge in [0.1, 0.15) is 5.82 Å². The number of nitrogens with one attached hydrogen (secondary N) is 2.